The second kappa shape index (κ2) is 17.7. The van der Waals surface area contributed by atoms with Crippen LogP contribution in [0.15, 0.2) is 99.9 Å². The summed E-state index contributed by atoms with van der Waals surface area (Å²) in [5.41, 5.74) is -2.07. The van der Waals surface area contributed by atoms with Crippen molar-refractivity contribution in [1.29, 1.82) is 0 Å². The van der Waals surface area contributed by atoms with E-state index in [1.807, 2.05) is 29.2 Å². The summed E-state index contributed by atoms with van der Waals surface area (Å²) >= 11 is 0. The van der Waals surface area contributed by atoms with Gasteiger partial charge in [0.15, 0.2) is 5.58 Å². The quantitative estimate of drug-likeness (QED) is 0.108. The Balaban J connectivity index is 0.000000186. The van der Waals surface area contributed by atoms with E-state index in [2.05, 4.69) is 39.8 Å². The zero-order valence-corrected chi connectivity index (χ0v) is 33.8. The van der Waals surface area contributed by atoms with Crippen LogP contribution in [-0.2, 0) is 48.6 Å². The van der Waals surface area contributed by atoms with Crippen LogP contribution < -0.4 is 11.1 Å². The number of carbonyl (C=O) groups is 2. The van der Waals surface area contributed by atoms with Crippen molar-refractivity contribution in [2.24, 2.45) is 7.05 Å². The smallest absolute Gasteiger partial charge is 0.445 e. The van der Waals surface area contributed by atoms with E-state index in [0.717, 1.165) is 54.8 Å². The lowest BCUT2D eigenvalue weighted by molar-refractivity contribution is -0.141. The molecule has 3 amide bonds. The maximum absolute atomic E-state index is 13.0. The first-order valence-electron chi connectivity index (χ1n) is 19.7. The van der Waals surface area contributed by atoms with Gasteiger partial charge in [-0.15, -0.1) is 0 Å². The Bertz CT molecular complexity index is 2340. The highest BCUT2D eigenvalue weighted by atomic mass is 32.2. The number of hydrogen-bond donors (Lipinski definition) is 1. The van der Waals surface area contributed by atoms with E-state index in [0.29, 0.717) is 37.8 Å². The minimum Gasteiger partial charge on any atom is -0.445 e. The molecule has 4 aromatic rings. The molecule has 1 atom stereocenters. The zero-order chi connectivity index (χ0) is 42.5. The summed E-state index contributed by atoms with van der Waals surface area (Å²) < 4.78 is 86.9. The normalized spacial score (nSPS) is 19.4. The molecule has 3 saturated heterocycles. The number of aromatic nitrogens is 1. The van der Waals surface area contributed by atoms with Crippen molar-refractivity contribution >= 4 is 33.3 Å². The summed E-state index contributed by atoms with van der Waals surface area (Å²) in [4.78, 5) is 40.5. The number of carbonyl (C=O) groups excluding carboxylic acids is 2. The van der Waals surface area contributed by atoms with Gasteiger partial charge in [0.25, 0.3) is 0 Å². The molecule has 14 nitrogen and oxygen atoms in total. The Morgan fingerprint density at radius 1 is 0.900 bits per heavy atom. The summed E-state index contributed by atoms with van der Waals surface area (Å²) in [5.74, 6) is -0.414. The Morgan fingerprint density at radius 2 is 1.57 bits per heavy atom. The van der Waals surface area contributed by atoms with E-state index in [-0.39, 0.29) is 55.9 Å². The third-order valence-corrected chi connectivity index (χ3v) is 12.4. The number of ether oxygens (including phenoxy) is 3. The topological polar surface area (TPSA) is 159 Å². The standard InChI is InChI=1S/C26H31N3O4.C16H16F3NO6S/c1-28-22-11-10-20(15-23(22)33-25(28)31)21-12-14-29(26(16-21)17-32-18-26)24(30)27-13-6-5-9-19-7-3-2-4-8-19;17-16(18,19)27(22,23)26-13-6-7-20(15(8-13)10-24-11-15)14(21)25-9-12-4-2-1-3-5-12/h2-4,7-8,10-11,15,21H,5-6,9,12-14,16-18H2,1H3,(H,27,30);1-6H,7-11H2. The van der Waals surface area contributed by atoms with Crippen LogP contribution in [0.5, 0.6) is 0 Å². The highest BCUT2D eigenvalue weighted by Crippen LogP contribution is 2.43. The first kappa shape index (κ1) is 42.8. The molecule has 8 rings (SSSR count). The molecule has 1 N–H and O–H groups in total. The summed E-state index contributed by atoms with van der Waals surface area (Å²) in [6.45, 7) is 2.50. The van der Waals surface area contributed by atoms with Gasteiger partial charge in [-0.25, -0.2) is 14.4 Å². The maximum atomic E-state index is 13.0. The van der Waals surface area contributed by atoms with Gasteiger partial charge >= 0.3 is 33.5 Å². The van der Waals surface area contributed by atoms with Gasteiger partial charge in [0.2, 0.25) is 0 Å². The number of oxazole rings is 1. The van der Waals surface area contributed by atoms with Crippen LogP contribution in [0.4, 0.5) is 22.8 Å². The fraction of sp³-hybridized carbons (Fsp3) is 0.452. The van der Waals surface area contributed by atoms with Gasteiger partial charge in [-0.2, -0.15) is 21.6 Å². The SMILES string of the molecule is Cn1c(=O)oc2cc(C3CCN(C(=O)NCCCCc4ccccc4)C4(COC4)C3)ccc21.O=C(OCc1ccccc1)N1CC=C(OS(=O)(=O)C(F)(F)F)CC12COC2. The van der Waals surface area contributed by atoms with Crippen LogP contribution in [-0.4, -0.2) is 97.6 Å². The van der Waals surface area contributed by atoms with Gasteiger partial charge < -0.3 is 33.0 Å². The molecule has 1 aromatic heterocycles. The van der Waals surface area contributed by atoms with E-state index in [1.165, 1.54) is 15.0 Å². The third-order valence-electron chi connectivity index (χ3n) is 11.4. The Morgan fingerprint density at radius 3 is 2.20 bits per heavy atom. The number of aryl methyl sites for hydroxylation is 2. The zero-order valence-electron chi connectivity index (χ0n) is 33.0. The first-order chi connectivity index (χ1) is 28.7. The van der Waals surface area contributed by atoms with Crippen LogP contribution in [0, 0.1) is 0 Å². The molecule has 3 aromatic carbocycles. The molecule has 60 heavy (non-hydrogen) atoms. The van der Waals surface area contributed by atoms with Crippen molar-refractivity contribution in [2.45, 2.75) is 67.6 Å². The van der Waals surface area contributed by atoms with Crippen LogP contribution in [0.2, 0.25) is 0 Å². The average molecular weight is 857 g/mol. The monoisotopic (exact) mass is 856 g/mol. The Kier molecular flexibility index (Phi) is 12.6. The van der Waals surface area contributed by atoms with Crippen LogP contribution in [0.1, 0.15) is 54.7 Å². The van der Waals surface area contributed by atoms with E-state index in [4.69, 9.17) is 18.6 Å². The number of likely N-dealkylation sites (tertiary alicyclic amines) is 1. The molecule has 18 heteroatoms. The van der Waals surface area contributed by atoms with E-state index in [1.54, 1.807) is 31.3 Å². The number of fused-ring (bicyclic) bond motifs is 1. The molecule has 1 unspecified atom stereocenters. The fourth-order valence-corrected chi connectivity index (χ4v) is 8.49. The van der Waals surface area contributed by atoms with Crippen LogP contribution in [0.25, 0.3) is 11.1 Å². The van der Waals surface area contributed by atoms with Crippen molar-refractivity contribution in [1.82, 2.24) is 19.7 Å². The number of benzene rings is 3. The molecule has 0 bridgehead atoms. The summed E-state index contributed by atoms with van der Waals surface area (Å²) in [7, 11) is -4.04. The van der Waals surface area contributed by atoms with Crippen LogP contribution >= 0.6 is 0 Å². The highest BCUT2D eigenvalue weighted by Gasteiger charge is 2.54. The molecule has 322 valence electrons. The number of piperidine rings is 1. The number of alkyl halides is 3. The summed E-state index contributed by atoms with van der Waals surface area (Å²) in [5, 5.41) is 3.13. The minimum absolute atomic E-state index is 0.0148. The van der Waals surface area contributed by atoms with Gasteiger partial charge in [-0.1, -0.05) is 66.7 Å². The van der Waals surface area contributed by atoms with Crippen molar-refractivity contribution in [3.8, 4) is 0 Å². The number of halogens is 3. The number of hydrogen-bond acceptors (Lipinski definition) is 10. The van der Waals surface area contributed by atoms with Crippen molar-refractivity contribution in [3.63, 3.8) is 0 Å². The number of unbranched alkanes of at least 4 members (excludes halogenated alkanes) is 1. The predicted molar refractivity (Wildman–Crippen MR) is 212 cm³/mol. The maximum Gasteiger partial charge on any atom is 0.534 e. The molecule has 4 aliphatic rings. The third kappa shape index (κ3) is 9.34. The molecule has 0 radical (unpaired) electrons. The lowest BCUT2D eigenvalue weighted by Crippen LogP contribution is -2.68. The molecule has 0 aliphatic carbocycles. The second-order valence-electron chi connectivity index (χ2n) is 15.6. The average Bonchev–Trinajstić information content (AvgIpc) is 3.50. The van der Waals surface area contributed by atoms with Gasteiger partial charge in [0.1, 0.15) is 17.9 Å². The fourth-order valence-electron chi connectivity index (χ4n) is 7.99. The molecule has 0 saturated carbocycles. The van der Waals surface area contributed by atoms with E-state index >= 15 is 0 Å². The second-order valence-corrected chi connectivity index (χ2v) is 17.1. The molecule has 2 spiro atoms. The minimum atomic E-state index is -5.76. The van der Waals surface area contributed by atoms with Crippen molar-refractivity contribution < 1.29 is 54.0 Å². The van der Waals surface area contributed by atoms with Gasteiger partial charge in [0, 0.05) is 33.1 Å². The number of rotatable bonds is 10. The van der Waals surface area contributed by atoms with E-state index < -0.39 is 27.3 Å². The number of nitrogens with zero attached hydrogens (tertiary/aromatic N) is 3. The van der Waals surface area contributed by atoms with Crippen LogP contribution in [0.3, 0.4) is 0 Å². The largest absolute Gasteiger partial charge is 0.534 e. The molecule has 5 heterocycles. The van der Waals surface area contributed by atoms with Crippen molar-refractivity contribution in [3.05, 3.63) is 118 Å². The highest BCUT2D eigenvalue weighted by molar-refractivity contribution is 7.87. The molecular weight excluding hydrogens is 810 g/mol. The lowest BCUT2D eigenvalue weighted by atomic mass is 9.76. The lowest BCUT2D eigenvalue weighted by Gasteiger charge is -2.54. The first-order valence-corrected chi connectivity index (χ1v) is 21.1. The van der Waals surface area contributed by atoms with Gasteiger partial charge in [-0.05, 0) is 72.9 Å². The van der Waals surface area contributed by atoms with Gasteiger partial charge in [-0.3, -0.25) is 9.47 Å². The predicted octanol–water partition coefficient (Wildman–Crippen LogP) is 6.36. The molecule has 4 aliphatic heterocycles. The Labute approximate surface area is 344 Å². The Hall–Kier alpha value is -5.33. The molecule has 3 fully saturated rings. The number of amides is 3. The summed E-state index contributed by atoms with van der Waals surface area (Å²) in [6.07, 6.45) is 5.02. The summed E-state index contributed by atoms with van der Waals surface area (Å²) in [6, 6.07) is 25.4. The number of urea groups is 1. The van der Waals surface area contributed by atoms with E-state index in [9.17, 15) is 36.0 Å². The van der Waals surface area contributed by atoms with Crippen molar-refractivity contribution in [2.75, 3.05) is 46.1 Å². The molecular formula is C42H47F3N4O10S. The van der Waals surface area contributed by atoms with Gasteiger partial charge in [0.05, 0.1) is 37.5 Å². The number of nitrogens with one attached hydrogen (secondary N) is 1.